The number of nitrogens with zero attached hydrogens (tertiary/aromatic N) is 1. The summed E-state index contributed by atoms with van der Waals surface area (Å²) in [6, 6.07) is 3.85. The Labute approximate surface area is 97.1 Å². The smallest absolute Gasteiger partial charge is 0.191 e. The van der Waals surface area contributed by atoms with Gasteiger partial charge in [0.2, 0.25) is 0 Å². The summed E-state index contributed by atoms with van der Waals surface area (Å²) in [4.78, 5) is 2.50. The molecule has 0 unspecified atom stereocenters. The molecule has 0 rings (SSSR count). The van der Waals surface area contributed by atoms with Gasteiger partial charge in [0.05, 0.1) is 0 Å². The highest BCUT2D eigenvalue weighted by Crippen LogP contribution is 2.22. The topological polar surface area (TPSA) is 12.5 Å². The predicted octanol–water partition coefficient (Wildman–Crippen LogP) is 3.35. The van der Waals surface area contributed by atoms with Gasteiger partial charge in [0.25, 0.3) is 0 Å². The van der Waals surface area contributed by atoms with E-state index < -0.39 is 8.32 Å². The minimum absolute atomic E-state index is 1.18. The highest BCUT2D eigenvalue weighted by atomic mass is 28.4. The van der Waals surface area contributed by atoms with Crippen LogP contribution in [-0.2, 0) is 4.43 Å². The number of hydrogen-bond acceptors (Lipinski definition) is 2. The average molecular weight is 231 g/mol. The molecule has 0 aliphatic rings. The van der Waals surface area contributed by atoms with Gasteiger partial charge in [-0.1, -0.05) is 27.7 Å². The maximum atomic E-state index is 5.81. The Kier molecular flexibility index (Phi) is 8.38. The lowest BCUT2D eigenvalue weighted by atomic mass is 10.4. The highest BCUT2D eigenvalue weighted by molar-refractivity contribution is 6.73. The number of rotatable bonds is 9. The van der Waals surface area contributed by atoms with Gasteiger partial charge in [-0.05, 0) is 44.2 Å². The monoisotopic (exact) mass is 231 g/mol. The van der Waals surface area contributed by atoms with E-state index in [4.69, 9.17) is 4.43 Å². The maximum Gasteiger partial charge on any atom is 0.191 e. The summed E-state index contributed by atoms with van der Waals surface area (Å²) in [5.74, 6) is 0. The molecule has 15 heavy (non-hydrogen) atoms. The molecule has 0 bridgehead atoms. The first kappa shape index (κ1) is 15.1. The highest BCUT2D eigenvalue weighted by Gasteiger charge is 2.28. The summed E-state index contributed by atoms with van der Waals surface area (Å²) in [5.41, 5.74) is 0. The van der Waals surface area contributed by atoms with E-state index in [9.17, 15) is 0 Å². The molecule has 0 saturated carbocycles. The Balaban J connectivity index is 3.89. The van der Waals surface area contributed by atoms with Crippen molar-refractivity contribution < 1.29 is 4.43 Å². The van der Waals surface area contributed by atoms with E-state index in [1.165, 1.54) is 44.2 Å². The van der Waals surface area contributed by atoms with E-state index in [2.05, 4.69) is 32.6 Å². The molecule has 0 aromatic heterocycles. The molecule has 0 aliphatic heterocycles. The first-order valence-corrected chi connectivity index (χ1v) is 8.98. The molecule has 0 radical (unpaired) electrons. The summed E-state index contributed by atoms with van der Waals surface area (Å²) in [5, 5.41) is 0. The van der Waals surface area contributed by atoms with Crippen LogP contribution in [0.25, 0.3) is 0 Å². The Morgan fingerprint density at radius 3 is 1.87 bits per heavy atom. The van der Waals surface area contributed by atoms with Crippen molar-refractivity contribution in [1.82, 2.24) is 4.90 Å². The summed E-state index contributed by atoms with van der Waals surface area (Å²) in [6.07, 6.45) is 1.31. The van der Waals surface area contributed by atoms with Crippen molar-refractivity contribution in [2.45, 2.75) is 52.2 Å². The quantitative estimate of drug-likeness (QED) is 0.564. The zero-order valence-corrected chi connectivity index (χ0v) is 12.3. The molecule has 0 aliphatic carbocycles. The van der Waals surface area contributed by atoms with Gasteiger partial charge in [0.1, 0.15) is 0 Å². The summed E-state index contributed by atoms with van der Waals surface area (Å²) < 4.78 is 5.81. The Morgan fingerprint density at radius 2 is 1.53 bits per heavy atom. The maximum absolute atomic E-state index is 5.81. The van der Waals surface area contributed by atoms with Gasteiger partial charge in [-0.15, -0.1) is 0 Å². The van der Waals surface area contributed by atoms with Crippen molar-refractivity contribution in [1.29, 1.82) is 0 Å². The van der Waals surface area contributed by atoms with Crippen molar-refractivity contribution in [2.75, 3.05) is 26.7 Å². The lowest BCUT2D eigenvalue weighted by molar-refractivity contribution is 0.300. The van der Waals surface area contributed by atoms with Gasteiger partial charge in [0, 0.05) is 7.11 Å². The second kappa shape index (κ2) is 8.31. The Morgan fingerprint density at radius 1 is 1.00 bits per heavy atom. The van der Waals surface area contributed by atoms with Gasteiger partial charge in [-0.3, -0.25) is 0 Å². The lowest BCUT2D eigenvalue weighted by Crippen LogP contribution is -2.36. The normalized spacial score (nSPS) is 12.4. The fourth-order valence-corrected chi connectivity index (χ4v) is 4.95. The van der Waals surface area contributed by atoms with Gasteiger partial charge in [-0.2, -0.15) is 0 Å². The van der Waals surface area contributed by atoms with Crippen LogP contribution in [0.4, 0.5) is 0 Å². The molecular formula is C12H29NOSi. The van der Waals surface area contributed by atoms with Gasteiger partial charge >= 0.3 is 0 Å². The summed E-state index contributed by atoms with van der Waals surface area (Å²) in [7, 11) is 0.577. The van der Waals surface area contributed by atoms with Crippen LogP contribution in [0.5, 0.6) is 0 Å². The van der Waals surface area contributed by atoms with Crippen molar-refractivity contribution >= 4 is 8.32 Å². The van der Waals surface area contributed by atoms with Crippen molar-refractivity contribution in [3.8, 4) is 0 Å². The fourth-order valence-electron chi connectivity index (χ4n) is 2.16. The molecule has 0 N–H and O–H groups in total. The standard InChI is InChI=1S/C12H29NOSi/c1-6-13(7-2)11-10-12-15(8-3,9-4)14-5/h6-12H2,1-5H3. The molecule has 0 aromatic carbocycles. The van der Waals surface area contributed by atoms with E-state index >= 15 is 0 Å². The van der Waals surface area contributed by atoms with Crippen LogP contribution >= 0.6 is 0 Å². The van der Waals surface area contributed by atoms with Crippen LogP contribution in [0.2, 0.25) is 18.1 Å². The average Bonchev–Trinajstić information content (AvgIpc) is 2.31. The van der Waals surface area contributed by atoms with Crippen LogP contribution in [-0.4, -0.2) is 40.0 Å². The van der Waals surface area contributed by atoms with E-state index in [-0.39, 0.29) is 0 Å². The molecule has 92 valence electrons. The van der Waals surface area contributed by atoms with E-state index in [1.54, 1.807) is 0 Å². The van der Waals surface area contributed by atoms with E-state index in [0.29, 0.717) is 0 Å². The fraction of sp³-hybridized carbons (Fsp3) is 1.00. The molecule has 0 amide bonds. The molecule has 0 atom stereocenters. The van der Waals surface area contributed by atoms with Gasteiger partial charge < -0.3 is 9.33 Å². The zero-order chi connectivity index (χ0) is 11.7. The molecule has 2 nitrogen and oxygen atoms in total. The van der Waals surface area contributed by atoms with Gasteiger partial charge in [0.15, 0.2) is 8.32 Å². The third-order valence-corrected chi connectivity index (χ3v) is 8.43. The largest absolute Gasteiger partial charge is 0.420 e. The lowest BCUT2D eigenvalue weighted by Gasteiger charge is -2.28. The molecule has 0 spiro atoms. The summed E-state index contributed by atoms with van der Waals surface area (Å²) in [6.45, 7) is 12.7. The minimum Gasteiger partial charge on any atom is -0.420 e. The third kappa shape index (κ3) is 5.14. The van der Waals surface area contributed by atoms with Crippen LogP contribution < -0.4 is 0 Å². The predicted molar refractivity (Wildman–Crippen MR) is 70.9 cm³/mol. The second-order valence-electron chi connectivity index (χ2n) is 4.22. The molecule has 0 saturated heterocycles. The first-order chi connectivity index (χ1) is 7.17. The number of hydrogen-bond donors (Lipinski definition) is 0. The molecule has 0 heterocycles. The third-order valence-electron chi connectivity index (χ3n) is 3.72. The summed E-state index contributed by atoms with van der Waals surface area (Å²) >= 11 is 0. The second-order valence-corrected chi connectivity index (χ2v) is 8.91. The SMILES string of the molecule is CCN(CC)CCC[Si](CC)(CC)OC. The van der Waals surface area contributed by atoms with Crippen LogP contribution in [0.3, 0.4) is 0 Å². The van der Waals surface area contributed by atoms with Crippen molar-refractivity contribution in [3.63, 3.8) is 0 Å². The van der Waals surface area contributed by atoms with E-state index in [1.807, 2.05) is 7.11 Å². The first-order valence-electron chi connectivity index (χ1n) is 6.45. The van der Waals surface area contributed by atoms with Crippen molar-refractivity contribution in [2.24, 2.45) is 0 Å². The zero-order valence-electron chi connectivity index (χ0n) is 11.3. The molecule has 3 heteroatoms. The molecule has 0 aromatic rings. The van der Waals surface area contributed by atoms with Gasteiger partial charge in [-0.25, -0.2) is 0 Å². The minimum atomic E-state index is -1.34. The van der Waals surface area contributed by atoms with Crippen LogP contribution in [0.15, 0.2) is 0 Å². The van der Waals surface area contributed by atoms with E-state index in [0.717, 1.165) is 0 Å². The molecule has 0 fully saturated rings. The Bertz CT molecular complexity index is 136. The van der Waals surface area contributed by atoms with Crippen LogP contribution in [0.1, 0.15) is 34.1 Å². The molecular weight excluding hydrogens is 202 g/mol. The van der Waals surface area contributed by atoms with Crippen molar-refractivity contribution in [3.05, 3.63) is 0 Å². The Hall–Kier alpha value is 0.137. The van der Waals surface area contributed by atoms with Crippen LogP contribution in [0, 0.1) is 0 Å².